The molecule has 2 aromatic heterocycles. The standard InChI is InChI=1S/C18H21N4O8P/c23-7-12(11-4-2-1-3-5-11)21-10-20-17-16(18(21)25)19-9-22(17)15-6-13(24)14(30-15)8-29-31(26,27)28/h1-5,9-10,12-15,23-24H,6-8H2,(H2,26,27,28)/t12?,13-,14+,15+/m0/s1. The average molecular weight is 452 g/mol. The number of aliphatic hydroxyl groups excluding tert-OH is 2. The highest BCUT2D eigenvalue weighted by molar-refractivity contribution is 7.46. The number of imidazole rings is 1. The second-order valence-electron chi connectivity index (χ2n) is 7.11. The third kappa shape index (κ3) is 4.46. The van der Waals surface area contributed by atoms with E-state index < -0.39 is 44.5 Å². The zero-order valence-electron chi connectivity index (χ0n) is 16.1. The van der Waals surface area contributed by atoms with Crippen molar-refractivity contribution in [2.75, 3.05) is 13.2 Å². The van der Waals surface area contributed by atoms with E-state index in [1.807, 2.05) is 6.07 Å². The summed E-state index contributed by atoms with van der Waals surface area (Å²) in [5.74, 6) is 0. The Morgan fingerprint density at radius 2 is 1.97 bits per heavy atom. The topological polar surface area (TPSA) is 169 Å². The van der Waals surface area contributed by atoms with E-state index in [-0.39, 0.29) is 24.2 Å². The highest BCUT2D eigenvalue weighted by Crippen LogP contribution is 2.38. The molecule has 3 aromatic rings. The van der Waals surface area contributed by atoms with Gasteiger partial charge < -0.3 is 24.7 Å². The van der Waals surface area contributed by atoms with E-state index in [9.17, 15) is 19.6 Å². The van der Waals surface area contributed by atoms with E-state index in [2.05, 4.69) is 14.5 Å². The van der Waals surface area contributed by atoms with Gasteiger partial charge in [0, 0.05) is 6.42 Å². The van der Waals surface area contributed by atoms with Crippen LogP contribution in [-0.2, 0) is 13.8 Å². The molecule has 1 aliphatic heterocycles. The van der Waals surface area contributed by atoms with E-state index in [1.54, 1.807) is 24.3 Å². The maximum atomic E-state index is 13.0. The van der Waals surface area contributed by atoms with Crippen molar-refractivity contribution in [1.29, 1.82) is 0 Å². The van der Waals surface area contributed by atoms with Crippen LogP contribution in [0.15, 0.2) is 47.8 Å². The van der Waals surface area contributed by atoms with Crippen LogP contribution >= 0.6 is 7.82 Å². The van der Waals surface area contributed by atoms with Gasteiger partial charge in [0.15, 0.2) is 11.2 Å². The van der Waals surface area contributed by atoms with Crippen LogP contribution in [0.2, 0.25) is 0 Å². The first kappa shape index (κ1) is 21.8. The summed E-state index contributed by atoms with van der Waals surface area (Å²) in [5, 5.41) is 20.0. The highest BCUT2D eigenvalue weighted by Gasteiger charge is 2.37. The summed E-state index contributed by atoms with van der Waals surface area (Å²) in [7, 11) is -4.70. The van der Waals surface area contributed by atoms with Gasteiger partial charge in [-0.3, -0.25) is 18.5 Å². The molecule has 12 nitrogen and oxygen atoms in total. The fourth-order valence-corrected chi connectivity index (χ4v) is 3.93. The van der Waals surface area contributed by atoms with Crippen molar-refractivity contribution >= 4 is 19.0 Å². The van der Waals surface area contributed by atoms with Gasteiger partial charge in [0.1, 0.15) is 18.7 Å². The first-order valence-electron chi connectivity index (χ1n) is 9.41. The molecule has 166 valence electrons. The summed E-state index contributed by atoms with van der Waals surface area (Å²) in [6.07, 6.45) is 0.00341. The quantitative estimate of drug-likeness (QED) is 0.356. The zero-order chi connectivity index (χ0) is 22.2. The van der Waals surface area contributed by atoms with Gasteiger partial charge in [0.25, 0.3) is 5.56 Å². The van der Waals surface area contributed by atoms with Crippen LogP contribution in [0.25, 0.3) is 11.2 Å². The van der Waals surface area contributed by atoms with Gasteiger partial charge in [0.05, 0.1) is 31.7 Å². The molecular formula is C18H21N4O8P. The van der Waals surface area contributed by atoms with E-state index in [1.165, 1.54) is 21.8 Å². The maximum absolute atomic E-state index is 13.0. The average Bonchev–Trinajstić information content (AvgIpc) is 3.32. The number of phosphoric ester groups is 1. The first-order valence-corrected chi connectivity index (χ1v) is 10.9. The molecule has 3 heterocycles. The SMILES string of the molecule is O=c1c2ncn([C@H]3C[C@H](O)[C@@H](COP(=O)(O)O)O3)c2ncn1C(CO)c1ccccc1. The third-order valence-electron chi connectivity index (χ3n) is 5.12. The number of rotatable bonds is 7. The first-order chi connectivity index (χ1) is 14.8. The minimum absolute atomic E-state index is 0.0601. The Bertz CT molecular complexity index is 1160. The van der Waals surface area contributed by atoms with Crippen LogP contribution in [-0.4, -0.2) is 64.5 Å². The Morgan fingerprint density at radius 1 is 1.23 bits per heavy atom. The Kier molecular flexibility index (Phi) is 6.04. The van der Waals surface area contributed by atoms with Gasteiger partial charge in [-0.15, -0.1) is 0 Å². The summed E-state index contributed by atoms with van der Waals surface area (Å²) >= 11 is 0. The van der Waals surface area contributed by atoms with Gasteiger partial charge >= 0.3 is 7.82 Å². The lowest BCUT2D eigenvalue weighted by atomic mass is 10.1. The minimum Gasteiger partial charge on any atom is -0.394 e. The number of aliphatic hydroxyl groups is 2. The highest BCUT2D eigenvalue weighted by atomic mass is 31.2. The van der Waals surface area contributed by atoms with Crippen LogP contribution < -0.4 is 5.56 Å². The predicted molar refractivity (Wildman–Crippen MR) is 106 cm³/mol. The molecule has 0 spiro atoms. The van der Waals surface area contributed by atoms with Crippen LogP contribution in [0.5, 0.6) is 0 Å². The summed E-state index contributed by atoms with van der Waals surface area (Å²) in [6, 6.07) is 8.40. The molecule has 0 saturated carbocycles. The molecule has 1 aliphatic rings. The number of hydrogen-bond acceptors (Lipinski definition) is 8. The van der Waals surface area contributed by atoms with Crippen LogP contribution in [0.1, 0.15) is 24.3 Å². The van der Waals surface area contributed by atoms with Crippen molar-refractivity contribution in [3.63, 3.8) is 0 Å². The maximum Gasteiger partial charge on any atom is 0.469 e. The smallest absolute Gasteiger partial charge is 0.394 e. The third-order valence-corrected chi connectivity index (χ3v) is 5.61. The van der Waals surface area contributed by atoms with Crippen molar-refractivity contribution in [1.82, 2.24) is 19.1 Å². The Morgan fingerprint density at radius 3 is 2.65 bits per heavy atom. The van der Waals surface area contributed by atoms with E-state index in [0.717, 1.165) is 5.56 Å². The largest absolute Gasteiger partial charge is 0.469 e. The van der Waals surface area contributed by atoms with E-state index in [4.69, 9.17) is 14.5 Å². The van der Waals surface area contributed by atoms with E-state index >= 15 is 0 Å². The van der Waals surface area contributed by atoms with Gasteiger partial charge in [0.2, 0.25) is 0 Å². The molecule has 0 radical (unpaired) electrons. The molecule has 4 rings (SSSR count). The number of aromatic nitrogens is 4. The van der Waals surface area contributed by atoms with Gasteiger partial charge in [-0.1, -0.05) is 30.3 Å². The molecule has 0 amide bonds. The lowest BCUT2D eigenvalue weighted by molar-refractivity contribution is -0.0424. The number of ether oxygens (including phenoxy) is 1. The second-order valence-corrected chi connectivity index (χ2v) is 8.35. The Balaban J connectivity index is 1.61. The molecule has 1 aromatic carbocycles. The fraction of sp³-hybridized carbons (Fsp3) is 0.389. The molecule has 0 aliphatic carbocycles. The normalized spacial score (nSPS) is 22.8. The molecule has 1 unspecified atom stereocenters. The monoisotopic (exact) mass is 452 g/mol. The molecule has 0 bridgehead atoms. The van der Waals surface area contributed by atoms with Crippen LogP contribution in [0.4, 0.5) is 0 Å². The minimum atomic E-state index is -4.70. The summed E-state index contributed by atoms with van der Waals surface area (Å²) in [5.41, 5.74) is 0.569. The van der Waals surface area contributed by atoms with Gasteiger partial charge in [-0.25, -0.2) is 14.5 Å². The summed E-state index contributed by atoms with van der Waals surface area (Å²) < 4.78 is 23.7. The Hall–Kier alpha value is -2.44. The summed E-state index contributed by atoms with van der Waals surface area (Å²) in [6.45, 7) is -0.805. The fourth-order valence-electron chi connectivity index (χ4n) is 3.59. The van der Waals surface area contributed by atoms with Crippen molar-refractivity contribution in [2.24, 2.45) is 0 Å². The number of fused-ring (bicyclic) bond motifs is 1. The van der Waals surface area contributed by atoms with Gasteiger partial charge in [-0.05, 0) is 5.56 Å². The lowest BCUT2D eigenvalue weighted by Gasteiger charge is -2.18. The molecule has 13 heteroatoms. The molecule has 4 N–H and O–H groups in total. The van der Waals surface area contributed by atoms with Crippen molar-refractivity contribution in [3.05, 3.63) is 58.9 Å². The van der Waals surface area contributed by atoms with Crippen LogP contribution in [0.3, 0.4) is 0 Å². The zero-order valence-corrected chi connectivity index (χ0v) is 17.0. The Labute approximate surface area is 175 Å². The second kappa shape index (κ2) is 8.60. The van der Waals surface area contributed by atoms with Crippen molar-refractivity contribution in [3.8, 4) is 0 Å². The van der Waals surface area contributed by atoms with Crippen molar-refractivity contribution in [2.45, 2.75) is 30.9 Å². The van der Waals surface area contributed by atoms with Crippen LogP contribution in [0, 0.1) is 0 Å². The molecule has 4 atom stereocenters. The summed E-state index contributed by atoms with van der Waals surface area (Å²) in [4.78, 5) is 39.1. The van der Waals surface area contributed by atoms with E-state index in [0.29, 0.717) is 0 Å². The lowest BCUT2D eigenvalue weighted by Crippen LogP contribution is -2.28. The predicted octanol–water partition coefficient (Wildman–Crippen LogP) is -0.0676. The number of benzene rings is 1. The number of phosphoric acid groups is 1. The molecule has 1 saturated heterocycles. The van der Waals surface area contributed by atoms with Crippen molar-refractivity contribution < 1.29 is 33.8 Å². The number of nitrogens with zero attached hydrogens (tertiary/aromatic N) is 4. The molecule has 1 fully saturated rings. The molecule has 31 heavy (non-hydrogen) atoms. The number of hydrogen-bond donors (Lipinski definition) is 4. The molecular weight excluding hydrogens is 431 g/mol. The van der Waals surface area contributed by atoms with Gasteiger partial charge in [-0.2, -0.15) is 0 Å².